The van der Waals surface area contributed by atoms with Crippen LogP contribution in [0, 0.1) is 11.3 Å². The molecule has 7 heterocycles. The largest absolute Gasteiger partial charge is 0.476 e. The van der Waals surface area contributed by atoms with Gasteiger partial charge in [0.25, 0.3) is 0 Å². The maximum atomic E-state index is 12.4. The smallest absolute Gasteiger partial charge is 0.356 e. The molecule has 1 aromatic carbocycles. The fraction of sp³-hybridized carbons (Fsp3) is 0.447. The lowest BCUT2D eigenvalue weighted by atomic mass is 9.57. The van der Waals surface area contributed by atoms with E-state index >= 15 is 0 Å². The van der Waals surface area contributed by atoms with Crippen LogP contribution in [0.2, 0.25) is 0 Å². The zero-order valence-corrected chi connectivity index (χ0v) is 28.7. The molecule has 3 aliphatic heterocycles. The number of pyridine rings is 1. The van der Waals surface area contributed by atoms with Crippen molar-refractivity contribution in [3.05, 3.63) is 71.9 Å². The second-order valence-electron chi connectivity index (χ2n) is 14.8. The third kappa shape index (κ3) is 5.82. The van der Waals surface area contributed by atoms with E-state index in [1.165, 1.54) is 24.6 Å². The highest BCUT2D eigenvalue weighted by molar-refractivity contribution is 5.97. The van der Waals surface area contributed by atoms with E-state index in [4.69, 9.17) is 19.9 Å². The lowest BCUT2D eigenvalue weighted by Gasteiger charge is -2.59. The molecule has 51 heavy (non-hydrogen) atoms. The first kappa shape index (κ1) is 31.8. The first-order valence-electron chi connectivity index (χ1n) is 18.0. The number of carbonyl (C=O) groups is 2. The molecule has 9 rings (SSSR count). The van der Waals surface area contributed by atoms with Crippen molar-refractivity contribution in [3.63, 3.8) is 0 Å². The van der Waals surface area contributed by atoms with Crippen LogP contribution in [0.3, 0.4) is 0 Å². The first-order valence-corrected chi connectivity index (χ1v) is 18.0. The summed E-state index contributed by atoms with van der Waals surface area (Å²) in [4.78, 5) is 32.5. The summed E-state index contributed by atoms with van der Waals surface area (Å²) in [5, 5.41) is 29.1. The number of amides is 1. The first-order chi connectivity index (χ1) is 24.8. The van der Waals surface area contributed by atoms with Gasteiger partial charge in [0.15, 0.2) is 11.5 Å². The molecule has 2 saturated heterocycles. The van der Waals surface area contributed by atoms with Crippen molar-refractivity contribution < 1.29 is 19.4 Å². The topological polar surface area (TPSA) is 144 Å². The van der Waals surface area contributed by atoms with Crippen LogP contribution in [0.4, 0.5) is 5.82 Å². The molecular weight excluding hydrogens is 646 g/mol. The lowest BCUT2D eigenvalue weighted by Crippen LogP contribution is -2.62. The highest BCUT2D eigenvalue weighted by Gasteiger charge is 2.52. The molecule has 13 heteroatoms. The zero-order chi connectivity index (χ0) is 34.7. The number of anilines is 1. The Bertz CT molecular complexity index is 2120. The number of aryl methyl sites for hydroxylation is 1. The van der Waals surface area contributed by atoms with Crippen LogP contribution in [-0.2, 0) is 29.0 Å². The average molecular weight is 688 g/mol. The molecule has 3 fully saturated rings. The van der Waals surface area contributed by atoms with E-state index in [0.717, 1.165) is 110 Å². The summed E-state index contributed by atoms with van der Waals surface area (Å²) in [5.41, 5.74) is 6.59. The van der Waals surface area contributed by atoms with E-state index in [2.05, 4.69) is 55.3 Å². The molecule has 262 valence electrons. The number of carbonyl (C=O) groups excluding carboxylic acids is 1. The molecule has 1 N–H and O–H groups in total. The average Bonchev–Trinajstić information content (AvgIpc) is 3.75. The highest BCUT2D eigenvalue weighted by atomic mass is 16.5. The zero-order valence-electron chi connectivity index (χ0n) is 28.7. The number of hydrogen-bond donors (Lipinski definition) is 1. The van der Waals surface area contributed by atoms with Crippen LogP contribution < -0.4 is 4.90 Å². The van der Waals surface area contributed by atoms with Crippen LogP contribution in [0.5, 0.6) is 0 Å². The second kappa shape index (κ2) is 12.6. The highest BCUT2D eigenvalue weighted by Crippen LogP contribution is 2.53. The Hall–Kier alpha value is -5.17. The van der Waals surface area contributed by atoms with E-state index in [1.807, 2.05) is 22.0 Å². The van der Waals surface area contributed by atoms with Gasteiger partial charge >= 0.3 is 5.97 Å². The number of aromatic carboxylic acids is 1. The van der Waals surface area contributed by atoms with Crippen molar-refractivity contribution in [1.29, 1.82) is 0 Å². The summed E-state index contributed by atoms with van der Waals surface area (Å²) in [5.74, 6) is 0.450. The summed E-state index contributed by atoms with van der Waals surface area (Å²) in [6.07, 6.45) is 12.1. The molecule has 1 saturated carbocycles. The number of ether oxygens (including phenoxy) is 1. The molecule has 1 amide bonds. The number of rotatable bonds is 8. The third-order valence-corrected chi connectivity index (χ3v) is 11.5. The number of aromatic nitrogens is 7. The van der Waals surface area contributed by atoms with Gasteiger partial charge in [0.05, 0.1) is 23.6 Å². The lowest BCUT2D eigenvalue weighted by molar-refractivity contribution is -0.129. The van der Waals surface area contributed by atoms with Gasteiger partial charge in [-0.05, 0) is 61.6 Å². The molecule has 1 spiro atoms. The van der Waals surface area contributed by atoms with Crippen molar-refractivity contribution in [2.75, 3.05) is 37.7 Å². The normalized spacial score (nSPS) is 18.8. The minimum atomic E-state index is -1.06. The molecule has 4 aromatic heterocycles. The maximum absolute atomic E-state index is 12.4. The van der Waals surface area contributed by atoms with Crippen LogP contribution in [0.1, 0.15) is 66.8 Å². The summed E-state index contributed by atoms with van der Waals surface area (Å²) in [7, 11) is 0. The van der Waals surface area contributed by atoms with Gasteiger partial charge in [0.1, 0.15) is 0 Å². The van der Waals surface area contributed by atoms with Crippen molar-refractivity contribution >= 4 is 28.5 Å². The Balaban J connectivity index is 0.874. The molecule has 13 nitrogen and oxygen atoms in total. The van der Waals surface area contributed by atoms with Gasteiger partial charge in [0.2, 0.25) is 5.91 Å². The number of nitrogens with zero attached hydrogens (tertiary/aromatic N) is 9. The van der Waals surface area contributed by atoms with E-state index in [0.29, 0.717) is 23.9 Å². The van der Waals surface area contributed by atoms with E-state index < -0.39 is 5.97 Å². The minimum absolute atomic E-state index is 0.0302. The van der Waals surface area contributed by atoms with Gasteiger partial charge < -0.3 is 19.6 Å². The molecule has 0 unspecified atom stereocenters. The monoisotopic (exact) mass is 687 g/mol. The summed E-state index contributed by atoms with van der Waals surface area (Å²) in [6, 6.07) is 12.1. The predicted octanol–water partition coefficient (Wildman–Crippen LogP) is 5.01. The number of fused-ring (bicyclic) bond motifs is 2. The van der Waals surface area contributed by atoms with Crippen LogP contribution >= 0.6 is 0 Å². The Labute approximate surface area is 295 Å². The molecule has 0 atom stereocenters. The van der Waals surface area contributed by atoms with Gasteiger partial charge in [-0.3, -0.25) is 19.1 Å². The van der Waals surface area contributed by atoms with E-state index in [9.17, 15) is 9.59 Å². The van der Waals surface area contributed by atoms with E-state index in [1.54, 1.807) is 13.0 Å². The molecule has 4 aliphatic rings. The predicted molar refractivity (Wildman–Crippen MR) is 189 cm³/mol. The van der Waals surface area contributed by atoms with Gasteiger partial charge in [-0.25, -0.2) is 4.79 Å². The molecule has 0 bridgehead atoms. The van der Waals surface area contributed by atoms with Crippen LogP contribution in [-0.4, -0.2) is 89.5 Å². The summed E-state index contributed by atoms with van der Waals surface area (Å²) >= 11 is 0. The molecular formula is C38H41N9O4. The van der Waals surface area contributed by atoms with Crippen molar-refractivity contribution in [1.82, 2.24) is 39.6 Å². The Morgan fingerprint density at radius 1 is 1.06 bits per heavy atom. The van der Waals surface area contributed by atoms with E-state index in [-0.39, 0.29) is 11.6 Å². The number of hydrogen-bond acceptors (Lipinski definition) is 9. The van der Waals surface area contributed by atoms with Gasteiger partial charge in [-0.2, -0.15) is 10.2 Å². The standard InChI is InChI=1S/C38H41N9O4/c1-24(48)44-11-8-34-31(21-44)36(43-47(34)28-9-13-51-14-10-28)29-4-2-3-26-15-33(39-19-30(26)29)27-18-40-46(20-27)12-7-25-16-38(17-25)22-45(23-38)35-6-5-32(37(49)50)41-42-35/h2-6,15,18-20,25,28H,7-14,16-17,21-23H2,1H3,(H,49,50). The Kier molecular flexibility index (Phi) is 7.82. The van der Waals surface area contributed by atoms with Crippen LogP contribution in [0.25, 0.3) is 33.3 Å². The Morgan fingerprint density at radius 2 is 1.90 bits per heavy atom. The van der Waals surface area contributed by atoms with Gasteiger partial charge in [0, 0.05) is 105 Å². The fourth-order valence-corrected chi connectivity index (χ4v) is 8.79. The summed E-state index contributed by atoms with van der Waals surface area (Å²) in [6.45, 7) is 7.19. The Morgan fingerprint density at radius 3 is 2.67 bits per heavy atom. The molecule has 0 radical (unpaired) electrons. The van der Waals surface area contributed by atoms with Crippen molar-refractivity contribution in [3.8, 4) is 22.5 Å². The number of carboxylic acids is 1. The molecule has 5 aromatic rings. The number of carboxylic acid groups (broad SMARTS) is 1. The summed E-state index contributed by atoms with van der Waals surface area (Å²) < 4.78 is 9.93. The van der Waals surface area contributed by atoms with Crippen molar-refractivity contribution in [2.24, 2.45) is 11.3 Å². The third-order valence-electron chi connectivity index (χ3n) is 11.5. The van der Waals surface area contributed by atoms with Gasteiger partial charge in [-0.15, -0.1) is 10.2 Å². The number of benzene rings is 1. The van der Waals surface area contributed by atoms with Gasteiger partial charge in [-0.1, -0.05) is 18.2 Å². The quantitative estimate of drug-likeness (QED) is 0.236. The second-order valence-corrected chi connectivity index (χ2v) is 14.8. The minimum Gasteiger partial charge on any atom is -0.476 e. The van der Waals surface area contributed by atoms with Crippen LogP contribution in [0.15, 0.2) is 55.0 Å². The molecule has 1 aliphatic carbocycles. The van der Waals surface area contributed by atoms with Crippen molar-refractivity contribution in [2.45, 2.75) is 64.6 Å². The SMILES string of the molecule is CC(=O)N1CCc2c(c(-c3cccc4cc(-c5cnn(CCC6CC7(C6)CN(c6ccc(C(=O)O)nn6)C7)c5)ncc34)nn2C2CCOCC2)C1. The maximum Gasteiger partial charge on any atom is 0.356 e. The fourth-order valence-electron chi connectivity index (χ4n) is 8.79.